The molecule has 1 aliphatic carbocycles. The zero-order valence-electron chi connectivity index (χ0n) is 21.1. The van der Waals surface area contributed by atoms with Crippen LogP contribution in [0.2, 0.25) is 0 Å². The van der Waals surface area contributed by atoms with Crippen LogP contribution < -0.4 is 15.5 Å². The van der Waals surface area contributed by atoms with Crippen molar-refractivity contribution in [2.45, 2.75) is 37.8 Å². The molecule has 37 heavy (non-hydrogen) atoms. The number of anilines is 2. The molecule has 4 aromatic rings. The maximum absolute atomic E-state index is 13.6. The minimum absolute atomic E-state index is 0.0558. The standard InChI is InChI=1S/C30H31N5O2/c1-35(2)27-18-19-31-30(34-27)33-22-16-14-21(15-17-22)32-29(37)26-12-6-5-11-25(26)28(36)24-13-7-9-20-8-3-4-10-23(20)24/h3-13,18-19,21-22H,14-17H2,1-2H3,(H,32,37)(H,31,33,34)/t21-,22+. The maximum Gasteiger partial charge on any atom is 0.252 e. The van der Waals surface area contributed by atoms with Crippen LogP contribution in [0.1, 0.15) is 52.0 Å². The van der Waals surface area contributed by atoms with Crippen LogP contribution in [0, 0.1) is 0 Å². The minimum Gasteiger partial charge on any atom is -0.363 e. The molecule has 1 saturated carbocycles. The highest BCUT2D eigenvalue weighted by Gasteiger charge is 2.25. The second-order valence-corrected chi connectivity index (χ2v) is 9.70. The fourth-order valence-electron chi connectivity index (χ4n) is 4.94. The molecule has 5 rings (SSSR count). The summed E-state index contributed by atoms with van der Waals surface area (Å²) in [5.74, 6) is 1.13. The largest absolute Gasteiger partial charge is 0.363 e. The molecule has 1 heterocycles. The van der Waals surface area contributed by atoms with E-state index in [1.54, 1.807) is 30.5 Å². The third-order valence-electron chi connectivity index (χ3n) is 6.95. The molecule has 188 valence electrons. The Balaban J connectivity index is 1.25. The molecular formula is C30H31N5O2. The number of aromatic nitrogens is 2. The average molecular weight is 494 g/mol. The zero-order chi connectivity index (χ0) is 25.8. The van der Waals surface area contributed by atoms with Crippen LogP contribution in [0.15, 0.2) is 79.0 Å². The second-order valence-electron chi connectivity index (χ2n) is 9.70. The Morgan fingerprint density at radius 2 is 1.43 bits per heavy atom. The number of benzene rings is 3. The first-order valence-electron chi connectivity index (χ1n) is 12.7. The van der Waals surface area contributed by atoms with Gasteiger partial charge in [0.15, 0.2) is 5.78 Å². The van der Waals surface area contributed by atoms with Gasteiger partial charge in [-0.05, 0) is 48.6 Å². The number of ketones is 1. The molecule has 1 aromatic heterocycles. The highest BCUT2D eigenvalue weighted by molar-refractivity contribution is 6.20. The van der Waals surface area contributed by atoms with Gasteiger partial charge in [0.25, 0.3) is 5.91 Å². The smallest absolute Gasteiger partial charge is 0.252 e. The van der Waals surface area contributed by atoms with E-state index in [1.165, 1.54) is 0 Å². The first-order valence-corrected chi connectivity index (χ1v) is 12.7. The fraction of sp³-hybridized carbons (Fsp3) is 0.267. The Hall–Kier alpha value is -4.26. The fourth-order valence-corrected chi connectivity index (χ4v) is 4.94. The number of nitrogens with one attached hydrogen (secondary N) is 2. The summed E-state index contributed by atoms with van der Waals surface area (Å²) in [7, 11) is 3.90. The van der Waals surface area contributed by atoms with Gasteiger partial charge in [-0.15, -0.1) is 0 Å². The van der Waals surface area contributed by atoms with Crippen LogP contribution in [-0.4, -0.2) is 47.8 Å². The van der Waals surface area contributed by atoms with Crippen molar-refractivity contribution in [3.05, 3.63) is 95.7 Å². The lowest BCUT2D eigenvalue weighted by atomic mass is 9.90. The number of carbonyl (C=O) groups excluding carboxylic acids is 2. The van der Waals surface area contributed by atoms with E-state index >= 15 is 0 Å². The summed E-state index contributed by atoms with van der Waals surface area (Å²) in [5, 5.41) is 8.49. The quantitative estimate of drug-likeness (QED) is 0.349. The van der Waals surface area contributed by atoms with E-state index in [-0.39, 0.29) is 23.8 Å². The SMILES string of the molecule is CN(C)c1ccnc(N[C@H]2CC[C@@H](NC(=O)c3ccccc3C(=O)c3cccc4ccccc34)CC2)n1. The van der Waals surface area contributed by atoms with Crippen LogP contribution in [0.5, 0.6) is 0 Å². The van der Waals surface area contributed by atoms with Gasteiger partial charge in [0.05, 0.1) is 5.56 Å². The Labute approximate surface area is 216 Å². The van der Waals surface area contributed by atoms with Crippen LogP contribution in [0.4, 0.5) is 11.8 Å². The molecular weight excluding hydrogens is 462 g/mol. The molecule has 7 nitrogen and oxygen atoms in total. The number of rotatable bonds is 7. The number of fused-ring (bicyclic) bond motifs is 1. The second kappa shape index (κ2) is 10.8. The number of hydrogen-bond acceptors (Lipinski definition) is 6. The Kier molecular flexibility index (Phi) is 7.12. The van der Waals surface area contributed by atoms with Crippen LogP contribution in [0.3, 0.4) is 0 Å². The summed E-state index contributed by atoms with van der Waals surface area (Å²) in [6.07, 6.45) is 5.24. The van der Waals surface area contributed by atoms with E-state index in [1.807, 2.05) is 67.5 Å². The van der Waals surface area contributed by atoms with E-state index in [2.05, 4.69) is 20.6 Å². The summed E-state index contributed by atoms with van der Waals surface area (Å²) in [5.41, 5.74) is 1.43. The summed E-state index contributed by atoms with van der Waals surface area (Å²) >= 11 is 0. The molecule has 2 N–H and O–H groups in total. The average Bonchev–Trinajstić information content (AvgIpc) is 2.93. The lowest BCUT2D eigenvalue weighted by Crippen LogP contribution is -2.40. The molecule has 0 saturated heterocycles. The normalized spacial score (nSPS) is 17.2. The molecule has 0 bridgehead atoms. The van der Waals surface area contributed by atoms with Gasteiger partial charge in [0.1, 0.15) is 5.82 Å². The van der Waals surface area contributed by atoms with Gasteiger partial charge in [-0.2, -0.15) is 4.98 Å². The first kappa shape index (κ1) is 24.4. The summed E-state index contributed by atoms with van der Waals surface area (Å²) < 4.78 is 0. The van der Waals surface area contributed by atoms with Crippen molar-refractivity contribution in [2.24, 2.45) is 0 Å². The van der Waals surface area contributed by atoms with E-state index in [4.69, 9.17) is 0 Å². The topological polar surface area (TPSA) is 87.2 Å². The first-order chi connectivity index (χ1) is 18.0. The third-order valence-corrected chi connectivity index (χ3v) is 6.95. The van der Waals surface area contributed by atoms with Crippen LogP contribution in [0.25, 0.3) is 10.8 Å². The highest BCUT2D eigenvalue weighted by atomic mass is 16.2. The van der Waals surface area contributed by atoms with Crippen molar-refractivity contribution in [1.82, 2.24) is 15.3 Å². The van der Waals surface area contributed by atoms with Gasteiger partial charge >= 0.3 is 0 Å². The van der Waals surface area contributed by atoms with Crippen molar-refractivity contribution < 1.29 is 9.59 Å². The number of hydrogen-bond donors (Lipinski definition) is 2. The maximum atomic E-state index is 13.6. The highest BCUT2D eigenvalue weighted by Crippen LogP contribution is 2.25. The van der Waals surface area contributed by atoms with Gasteiger partial charge in [0, 0.05) is 43.5 Å². The van der Waals surface area contributed by atoms with Crippen molar-refractivity contribution in [2.75, 3.05) is 24.3 Å². The molecule has 0 aliphatic heterocycles. The molecule has 3 aromatic carbocycles. The van der Waals surface area contributed by atoms with Crippen molar-refractivity contribution in [3.8, 4) is 0 Å². The number of nitrogens with zero attached hydrogens (tertiary/aromatic N) is 3. The zero-order valence-corrected chi connectivity index (χ0v) is 21.1. The predicted octanol–water partition coefficient (Wildman–Crippen LogP) is 5.08. The predicted molar refractivity (Wildman–Crippen MR) is 147 cm³/mol. The van der Waals surface area contributed by atoms with Crippen molar-refractivity contribution >= 4 is 34.2 Å². The van der Waals surface area contributed by atoms with Crippen LogP contribution >= 0.6 is 0 Å². The molecule has 7 heteroatoms. The Bertz CT molecular complexity index is 1420. The van der Waals surface area contributed by atoms with Crippen molar-refractivity contribution in [3.63, 3.8) is 0 Å². The summed E-state index contributed by atoms with van der Waals surface area (Å²) in [4.78, 5) is 37.7. The van der Waals surface area contributed by atoms with Gasteiger partial charge in [-0.1, -0.05) is 60.7 Å². The van der Waals surface area contributed by atoms with E-state index in [0.29, 0.717) is 22.6 Å². The Morgan fingerprint density at radius 3 is 2.22 bits per heavy atom. The van der Waals surface area contributed by atoms with Crippen molar-refractivity contribution in [1.29, 1.82) is 0 Å². The molecule has 1 amide bonds. The lowest BCUT2D eigenvalue weighted by Gasteiger charge is -2.30. The molecule has 1 fully saturated rings. The van der Waals surface area contributed by atoms with E-state index in [9.17, 15) is 9.59 Å². The molecule has 0 radical (unpaired) electrons. The molecule has 0 unspecified atom stereocenters. The lowest BCUT2D eigenvalue weighted by molar-refractivity contribution is 0.0917. The molecule has 0 spiro atoms. The third kappa shape index (κ3) is 5.45. The number of carbonyl (C=O) groups is 2. The van der Waals surface area contributed by atoms with Gasteiger partial charge in [-0.25, -0.2) is 4.98 Å². The van der Waals surface area contributed by atoms with Crippen LogP contribution in [-0.2, 0) is 0 Å². The van der Waals surface area contributed by atoms with E-state index < -0.39 is 0 Å². The molecule has 0 atom stereocenters. The number of amides is 1. The van der Waals surface area contributed by atoms with E-state index in [0.717, 1.165) is 42.3 Å². The summed E-state index contributed by atoms with van der Waals surface area (Å²) in [6, 6.07) is 22.8. The molecule has 1 aliphatic rings. The van der Waals surface area contributed by atoms with Gasteiger partial charge in [-0.3, -0.25) is 9.59 Å². The monoisotopic (exact) mass is 493 g/mol. The summed E-state index contributed by atoms with van der Waals surface area (Å²) in [6.45, 7) is 0. The Morgan fingerprint density at radius 1 is 0.784 bits per heavy atom. The van der Waals surface area contributed by atoms with Gasteiger partial charge < -0.3 is 15.5 Å². The minimum atomic E-state index is -0.206. The van der Waals surface area contributed by atoms with Gasteiger partial charge in [0.2, 0.25) is 5.95 Å².